The molecule has 0 aliphatic heterocycles. The molecule has 5 heteroatoms. The van der Waals surface area contributed by atoms with E-state index >= 15 is 0 Å². The quantitative estimate of drug-likeness (QED) is 0.221. The summed E-state index contributed by atoms with van der Waals surface area (Å²) < 4.78 is 22.0. The first-order valence-corrected chi connectivity index (χ1v) is 10.4. The maximum absolute atomic E-state index is 11.3. The molecule has 2 rings (SSSR count). The summed E-state index contributed by atoms with van der Waals surface area (Å²) in [7, 11) is 0. The smallest absolute Gasteiger partial charge is 0.333 e. The lowest BCUT2D eigenvalue weighted by Crippen LogP contribution is -2.23. The van der Waals surface area contributed by atoms with E-state index in [0.29, 0.717) is 31.3 Å². The van der Waals surface area contributed by atoms with Crippen molar-refractivity contribution in [1.82, 2.24) is 0 Å². The van der Waals surface area contributed by atoms with Crippen LogP contribution in [0, 0.1) is 0 Å². The third-order valence-electron chi connectivity index (χ3n) is 4.83. The lowest BCUT2D eigenvalue weighted by Gasteiger charge is -2.29. The predicted molar refractivity (Wildman–Crippen MR) is 114 cm³/mol. The van der Waals surface area contributed by atoms with E-state index < -0.39 is 0 Å². The Morgan fingerprint density at radius 2 is 1.69 bits per heavy atom. The first kappa shape index (κ1) is 23.0. The number of allylic oxidation sites excluding steroid dienone is 1. The van der Waals surface area contributed by atoms with E-state index in [1.165, 1.54) is 5.56 Å². The molecule has 1 saturated carbocycles. The summed E-state index contributed by atoms with van der Waals surface area (Å²) in [5.74, 6) is 1.08. The Morgan fingerprint density at radius 3 is 2.31 bits per heavy atom. The molecule has 160 valence electrons. The van der Waals surface area contributed by atoms with Crippen molar-refractivity contribution in [2.75, 3.05) is 26.4 Å². The van der Waals surface area contributed by atoms with Crippen molar-refractivity contribution in [2.45, 2.75) is 58.5 Å². The topological polar surface area (TPSA) is 54.0 Å². The van der Waals surface area contributed by atoms with Gasteiger partial charge in [-0.3, -0.25) is 0 Å². The number of hydrogen-bond donors (Lipinski definition) is 0. The van der Waals surface area contributed by atoms with Crippen LogP contribution in [0.25, 0.3) is 0 Å². The Labute approximate surface area is 174 Å². The van der Waals surface area contributed by atoms with Gasteiger partial charge in [-0.2, -0.15) is 0 Å². The molecule has 0 N–H and O–H groups in total. The van der Waals surface area contributed by atoms with Gasteiger partial charge in [-0.1, -0.05) is 18.7 Å². The van der Waals surface area contributed by atoms with E-state index in [1.807, 2.05) is 26.0 Å². The summed E-state index contributed by atoms with van der Waals surface area (Å²) in [5, 5.41) is 0. The Morgan fingerprint density at radius 1 is 1.00 bits per heavy atom. The molecule has 5 nitrogen and oxygen atoms in total. The van der Waals surface area contributed by atoms with Crippen LogP contribution in [0.4, 0.5) is 0 Å². The predicted octanol–water partition coefficient (Wildman–Crippen LogP) is 5.17. The Hall–Kier alpha value is -2.27. The lowest BCUT2D eigenvalue weighted by atomic mass is 9.83. The second kappa shape index (κ2) is 12.3. The highest BCUT2D eigenvalue weighted by Crippen LogP contribution is 2.34. The molecular weight excluding hydrogens is 368 g/mol. The van der Waals surface area contributed by atoms with Crippen LogP contribution < -0.4 is 4.74 Å². The van der Waals surface area contributed by atoms with Gasteiger partial charge >= 0.3 is 5.97 Å². The van der Waals surface area contributed by atoms with Crippen LogP contribution in [0.15, 0.2) is 48.3 Å². The molecule has 0 aromatic heterocycles. The molecule has 0 bridgehead atoms. The van der Waals surface area contributed by atoms with Gasteiger partial charge in [0.1, 0.15) is 25.6 Å². The van der Waals surface area contributed by atoms with E-state index in [9.17, 15) is 4.79 Å². The minimum absolute atomic E-state index is 0.248. The number of ether oxygens (including phenoxy) is 4. The highest BCUT2D eigenvalue weighted by Gasteiger charge is 2.22. The Kier molecular flexibility index (Phi) is 9.78. The molecule has 0 saturated heterocycles. The number of benzene rings is 1. The molecule has 1 aromatic carbocycles. The molecule has 1 aliphatic carbocycles. The molecule has 29 heavy (non-hydrogen) atoms. The van der Waals surface area contributed by atoms with Gasteiger partial charge in [-0.25, -0.2) is 4.79 Å². The van der Waals surface area contributed by atoms with E-state index in [-0.39, 0.29) is 18.7 Å². The highest BCUT2D eigenvalue weighted by molar-refractivity contribution is 5.86. The molecule has 1 aliphatic rings. The fourth-order valence-electron chi connectivity index (χ4n) is 3.30. The van der Waals surface area contributed by atoms with Crippen molar-refractivity contribution in [1.29, 1.82) is 0 Å². The van der Waals surface area contributed by atoms with Gasteiger partial charge in [0, 0.05) is 5.57 Å². The fourth-order valence-corrected chi connectivity index (χ4v) is 3.30. The van der Waals surface area contributed by atoms with Crippen molar-refractivity contribution < 1.29 is 23.7 Å². The molecule has 1 fully saturated rings. The van der Waals surface area contributed by atoms with Crippen molar-refractivity contribution in [3.63, 3.8) is 0 Å². The third kappa shape index (κ3) is 8.73. The molecule has 0 heterocycles. The molecule has 0 unspecified atom stereocenters. The van der Waals surface area contributed by atoms with E-state index in [2.05, 4.69) is 18.7 Å². The average Bonchev–Trinajstić information content (AvgIpc) is 2.71. The maximum atomic E-state index is 11.3. The number of esters is 1. The summed E-state index contributed by atoms with van der Waals surface area (Å²) >= 11 is 0. The number of rotatable bonds is 11. The summed E-state index contributed by atoms with van der Waals surface area (Å²) in [6.07, 6.45) is 6.26. The van der Waals surface area contributed by atoms with Crippen LogP contribution in [0.3, 0.4) is 0 Å². The normalized spacial score (nSPS) is 18.6. The molecule has 0 atom stereocenters. The first-order chi connectivity index (χ1) is 14.0. The minimum atomic E-state index is -0.356. The summed E-state index contributed by atoms with van der Waals surface area (Å²) in [6.45, 7) is 11.0. The maximum Gasteiger partial charge on any atom is 0.333 e. The van der Waals surface area contributed by atoms with E-state index in [1.54, 1.807) is 13.2 Å². The first-order valence-electron chi connectivity index (χ1n) is 10.4. The van der Waals surface area contributed by atoms with Crippen LogP contribution in [0.1, 0.15) is 57.9 Å². The van der Waals surface area contributed by atoms with Crippen LogP contribution in [-0.4, -0.2) is 38.5 Å². The van der Waals surface area contributed by atoms with Gasteiger partial charge in [-0.05, 0) is 75.6 Å². The van der Waals surface area contributed by atoms with Crippen molar-refractivity contribution in [3.8, 4) is 5.75 Å². The zero-order valence-corrected chi connectivity index (χ0v) is 17.9. The van der Waals surface area contributed by atoms with Gasteiger partial charge in [-0.15, -0.1) is 0 Å². The van der Waals surface area contributed by atoms with Gasteiger partial charge in [0.2, 0.25) is 0 Å². The molecule has 1 aromatic rings. The second-order valence-corrected chi connectivity index (χ2v) is 7.74. The van der Waals surface area contributed by atoms with Gasteiger partial charge < -0.3 is 18.9 Å². The summed E-state index contributed by atoms with van der Waals surface area (Å²) in [4.78, 5) is 11.3. The van der Waals surface area contributed by atoms with Crippen LogP contribution in [0.2, 0.25) is 0 Å². The molecule has 0 spiro atoms. The van der Waals surface area contributed by atoms with E-state index in [0.717, 1.165) is 37.0 Å². The second-order valence-electron chi connectivity index (χ2n) is 7.74. The SMILES string of the molecule is C=C(C)C(=O)OCCOC1CCC(c2ccc(OCCOC=C(C)C)cc2)CC1. The molecule has 0 amide bonds. The van der Waals surface area contributed by atoms with Crippen molar-refractivity contribution >= 4 is 5.97 Å². The monoisotopic (exact) mass is 402 g/mol. The fraction of sp³-hybridized carbons (Fsp3) is 0.542. The zero-order valence-electron chi connectivity index (χ0n) is 17.9. The van der Waals surface area contributed by atoms with Gasteiger partial charge in [0.25, 0.3) is 0 Å². The van der Waals surface area contributed by atoms with Crippen LogP contribution >= 0.6 is 0 Å². The lowest BCUT2D eigenvalue weighted by molar-refractivity contribution is -0.141. The highest BCUT2D eigenvalue weighted by atomic mass is 16.6. The van der Waals surface area contributed by atoms with Crippen molar-refractivity contribution in [2.24, 2.45) is 0 Å². The number of carbonyl (C=O) groups is 1. The van der Waals surface area contributed by atoms with Gasteiger partial charge in [0.15, 0.2) is 0 Å². The standard InChI is InChI=1S/C24H34O5/c1-18(2)17-26-13-14-27-22-9-5-20(6-10-22)21-7-11-23(12-8-21)28-15-16-29-24(25)19(3)4/h5-6,9-10,17,21,23H,3,7-8,11-16H2,1-2,4H3. The third-order valence-corrected chi connectivity index (χ3v) is 4.83. The van der Waals surface area contributed by atoms with Crippen molar-refractivity contribution in [3.05, 3.63) is 53.8 Å². The van der Waals surface area contributed by atoms with Crippen LogP contribution in [0.5, 0.6) is 5.75 Å². The average molecular weight is 403 g/mol. The number of hydrogen-bond acceptors (Lipinski definition) is 5. The Bertz CT molecular complexity index is 665. The van der Waals surface area contributed by atoms with Gasteiger partial charge in [0.05, 0.1) is 19.0 Å². The summed E-state index contributed by atoms with van der Waals surface area (Å²) in [5.41, 5.74) is 2.91. The molecule has 0 radical (unpaired) electrons. The largest absolute Gasteiger partial charge is 0.498 e. The minimum Gasteiger partial charge on any atom is -0.498 e. The molecular formula is C24H34O5. The number of carbonyl (C=O) groups excluding carboxylic acids is 1. The summed E-state index contributed by atoms with van der Waals surface area (Å²) in [6, 6.07) is 8.40. The van der Waals surface area contributed by atoms with E-state index in [4.69, 9.17) is 18.9 Å². The zero-order chi connectivity index (χ0) is 21.1. The Balaban J connectivity index is 1.64. The van der Waals surface area contributed by atoms with Crippen LogP contribution in [-0.2, 0) is 19.0 Å².